The highest BCUT2D eigenvalue weighted by molar-refractivity contribution is 5.49. The minimum absolute atomic E-state index is 0.0577. The van der Waals surface area contributed by atoms with E-state index in [9.17, 15) is 0 Å². The number of ether oxygens (including phenoxy) is 2. The molecule has 0 spiro atoms. The standard InChI is InChI=1S/C27H30N6O2/c1-34-24-12-8-22(9-13-24)26(27-28-29-30-33(27)20-21-6-4-3-5-7-21)32-18-16-31(17-19-32)23-10-14-25(35-2)15-11-23/h3-15,26H,16-20H2,1-2H3/t26-/m1/s1. The number of nitrogens with zero attached hydrogens (tertiary/aromatic N) is 6. The van der Waals surface area contributed by atoms with Crippen LogP contribution in [0.1, 0.15) is 23.0 Å². The Morgan fingerprint density at radius 3 is 2.03 bits per heavy atom. The van der Waals surface area contributed by atoms with Gasteiger partial charge >= 0.3 is 0 Å². The number of hydrogen-bond donors (Lipinski definition) is 0. The second-order valence-electron chi connectivity index (χ2n) is 8.58. The van der Waals surface area contributed by atoms with Crippen LogP contribution in [-0.2, 0) is 6.54 Å². The van der Waals surface area contributed by atoms with Crippen molar-refractivity contribution in [3.05, 3.63) is 95.8 Å². The molecule has 0 amide bonds. The summed E-state index contributed by atoms with van der Waals surface area (Å²) in [7, 11) is 3.38. The zero-order valence-corrected chi connectivity index (χ0v) is 20.1. The van der Waals surface area contributed by atoms with Crippen LogP contribution < -0.4 is 14.4 Å². The van der Waals surface area contributed by atoms with E-state index in [1.807, 2.05) is 47.1 Å². The molecule has 35 heavy (non-hydrogen) atoms. The second-order valence-corrected chi connectivity index (χ2v) is 8.58. The Morgan fingerprint density at radius 2 is 1.40 bits per heavy atom. The summed E-state index contributed by atoms with van der Waals surface area (Å²) >= 11 is 0. The van der Waals surface area contributed by atoms with Crippen molar-refractivity contribution < 1.29 is 9.47 Å². The van der Waals surface area contributed by atoms with E-state index in [2.05, 4.69) is 61.7 Å². The molecule has 0 unspecified atom stereocenters. The van der Waals surface area contributed by atoms with Crippen LogP contribution in [0.3, 0.4) is 0 Å². The summed E-state index contributed by atoms with van der Waals surface area (Å²) in [5.74, 6) is 2.55. The lowest BCUT2D eigenvalue weighted by molar-refractivity contribution is 0.201. The molecule has 1 saturated heterocycles. The van der Waals surface area contributed by atoms with E-state index in [-0.39, 0.29) is 6.04 Å². The fourth-order valence-corrected chi connectivity index (χ4v) is 4.62. The van der Waals surface area contributed by atoms with Gasteiger partial charge in [0.05, 0.1) is 26.8 Å². The highest BCUT2D eigenvalue weighted by atomic mass is 16.5. The van der Waals surface area contributed by atoms with Crippen molar-refractivity contribution in [2.75, 3.05) is 45.3 Å². The van der Waals surface area contributed by atoms with Crippen molar-refractivity contribution in [1.29, 1.82) is 0 Å². The molecule has 180 valence electrons. The van der Waals surface area contributed by atoms with Crippen LogP contribution in [0.2, 0.25) is 0 Å². The van der Waals surface area contributed by atoms with Crippen molar-refractivity contribution >= 4 is 5.69 Å². The van der Waals surface area contributed by atoms with Gasteiger partial charge in [0.15, 0.2) is 5.82 Å². The number of aromatic nitrogens is 4. The largest absolute Gasteiger partial charge is 0.497 e. The summed E-state index contributed by atoms with van der Waals surface area (Å²) in [6.45, 7) is 4.24. The average Bonchev–Trinajstić information content (AvgIpc) is 3.37. The van der Waals surface area contributed by atoms with E-state index >= 15 is 0 Å². The number of rotatable bonds is 8. The van der Waals surface area contributed by atoms with Gasteiger partial charge in [-0.15, -0.1) is 5.10 Å². The number of methoxy groups -OCH3 is 2. The third kappa shape index (κ3) is 5.12. The van der Waals surface area contributed by atoms with Crippen LogP contribution in [0.15, 0.2) is 78.9 Å². The highest BCUT2D eigenvalue weighted by Crippen LogP contribution is 2.31. The highest BCUT2D eigenvalue weighted by Gasteiger charge is 2.31. The molecule has 0 N–H and O–H groups in total. The zero-order valence-electron chi connectivity index (χ0n) is 20.1. The molecule has 5 rings (SSSR count). The molecule has 0 radical (unpaired) electrons. The quantitative estimate of drug-likeness (QED) is 0.389. The molecule has 0 saturated carbocycles. The lowest BCUT2D eigenvalue weighted by atomic mass is 10.0. The molecule has 1 aliphatic rings. The van der Waals surface area contributed by atoms with Gasteiger partial charge in [-0.25, -0.2) is 4.68 Å². The van der Waals surface area contributed by atoms with Gasteiger partial charge in [0.2, 0.25) is 0 Å². The number of hydrogen-bond acceptors (Lipinski definition) is 7. The van der Waals surface area contributed by atoms with Crippen molar-refractivity contribution in [2.45, 2.75) is 12.6 Å². The zero-order chi connectivity index (χ0) is 24.0. The molecule has 2 heterocycles. The monoisotopic (exact) mass is 470 g/mol. The fraction of sp³-hybridized carbons (Fsp3) is 0.296. The van der Waals surface area contributed by atoms with E-state index in [4.69, 9.17) is 9.47 Å². The Balaban J connectivity index is 1.40. The van der Waals surface area contributed by atoms with Gasteiger partial charge in [-0.05, 0) is 58.0 Å². The molecule has 1 fully saturated rings. The predicted octanol–water partition coefficient (Wildman–Crippen LogP) is 3.65. The van der Waals surface area contributed by atoms with Gasteiger partial charge in [0, 0.05) is 31.9 Å². The normalized spacial score (nSPS) is 15.1. The van der Waals surface area contributed by atoms with Crippen molar-refractivity contribution in [3.8, 4) is 11.5 Å². The van der Waals surface area contributed by atoms with E-state index in [0.29, 0.717) is 6.54 Å². The van der Waals surface area contributed by atoms with E-state index in [1.54, 1.807) is 14.2 Å². The number of anilines is 1. The second kappa shape index (κ2) is 10.6. The molecular formula is C27H30N6O2. The average molecular weight is 471 g/mol. The Labute approximate surface area is 205 Å². The van der Waals surface area contributed by atoms with Crippen molar-refractivity contribution in [1.82, 2.24) is 25.1 Å². The summed E-state index contributed by atoms with van der Waals surface area (Å²) < 4.78 is 12.6. The molecule has 8 nitrogen and oxygen atoms in total. The van der Waals surface area contributed by atoms with E-state index in [1.165, 1.54) is 11.3 Å². The topological polar surface area (TPSA) is 68.5 Å². The van der Waals surface area contributed by atoms with E-state index in [0.717, 1.165) is 49.1 Å². The van der Waals surface area contributed by atoms with Crippen molar-refractivity contribution in [3.63, 3.8) is 0 Å². The van der Waals surface area contributed by atoms with Gasteiger partial charge < -0.3 is 14.4 Å². The molecule has 0 bridgehead atoms. The van der Waals surface area contributed by atoms with Gasteiger partial charge in [0.25, 0.3) is 0 Å². The summed E-state index contributed by atoms with van der Waals surface area (Å²) in [6.07, 6.45) is 0. The van der Waals surface area contributed by atoms with Gasteiger partial charge in [-0.3, -0.25) is 4.90 Å². The molecule has 1 atom stereocenters. The minimum atomic E-state index is -0.0577. The molecule has 3 aromatic carbocycles. The third-order valence-corrected chi connectivity index (χ3v) is 6.53. The van der Waals surface area contributed by atoms with Crippen LogP contribution in [0, 0.1) is 0 Å². The Morgan fingerprint density at radius 1 is 0.771 bits per heavy atom. The third-order valence-electron chi connectivity index (χ3n) is 6.53. The lowest BCUT2D eigenvalue weighted by Gasteiger charge is -2.40. The molecule has 8 heteroatoms. The maximum Gasteiger partial charge on any atom is 0.173 e. The van der Waals surface area contributed by atoms with Crippen LogP contribution in [0.5, 0.6) is 11.5 Å². The number of piperazine rings is 1. The molecule has 1 aliphatic heterocycles. The fourth-order valence-electron chi connectivity index (χ4n) is 4.62. The first-order valence-corrected chi connectivity index (χ1v) is 11.8. The van der Waals surface area contributed by atoms with Crippen LogP contribution in [-0.4, -0.2) is 65.5 Å². The predicted molar refractivity (Wildman–Crippen MR) is 135 cm³/mol. The van der Waals surface area contributed by atoms with E-state index < -0.39 is 0 Å². The smallest absolute Gasteiger partial charge is 0.173 e. The molecule has 1 aromatic heterocycles. The van der Waals surface area contributed by atoms with Crippen LogP contribution in [0.4, 0.5) is 5.69 Å². The van der Waals surface area contributed by atoms with Gasteiger partial charge in [0.1, 0.15) is 11.5 Å². The lowest BCUT2D eigenvalue weighted by Crippen LogP contribution is -2.48. The summed E-state index contributed by atoms with van der Waals surface area (Å²) in [5.41, 5.74) is 3.52. The maximum absolute atomic E-state index is 5.39. The summed E-state index contributed by atoms with van der Waals surface area (Å²) in [4.78, 5) is 4.88. The minimum Gasteiger partial charge on any atom is -0.497 e. The number of tetrazole rings is 1. The Hall–Kier alpha value is -3.91. The first-order chi connectivity index (χ1) is 17.2. The van der Waals surface area contributed by atoms with Crippen molar-refractivity contribution in [2.24, 2.45) is 0 Å². The SMILES string of the molecule is COc1ccc([C@H](c2nnnn2Cc2ccccc2)N2CCN(c3ccc(OC)cc3)CC2)cc1. The number of benzene rings is 3. The molecular weight excluding hydrogens is 440 g/mol. The van der Waals surface area contributed by atoms with Crippen LogP contribution in [0.25, 0.3) is 0 Å². The molecule has 4 aromatic rings. The summed E-state index contributed by atoms with van der Waals surface area (Å²) in [6, 6.07) is 26.7. The Bertz CT molecular complexity index is 1200. The Kier molecular flexibility index (Phi) is 6.90. The molecule has 0 aliphatic carbocycles. The first kappa shape index (κ1) is 22.9. The summed E-state index contributed by atoms with van der Waals surface area (Å²) in [5, 5.41) is 12.9. The van der Waals surface area contributed by atoms with Gasteiger partial charge in [-0.1, -0.05) is 42.5 Å². The van der Waals surface area contributed by atoms with Crippen LogP contribution >= 0.6 is 0 Å². The first-order valence-electron chi connectivity index (χ1n) is 11.8. The van der Waals surface area contributed by atoms with Gasteiger partial charge in [-0.2, -0.15) is 0 Å². The maximum atomic E-state index is 5.39.